The van der Waals surface area contributed by atoms with Crippen LogP contribution in [0, 0.1) is 17.8 Å². The first-order chi connectivity index (χ1) is 15.0. The number of carbonyl (C=O) groups excluding carboxylic acids is 4. The van der Waals surface area contributed by atoms with Crippen LogP contribution in [-0.4, -0.2) is 45.6 Å². The molecular weight excluding hydrogens is 410 g/mol. The molecule has 3 amide bonds. The first-order valence-electron chi connectivity index (χ1n) is 11.4. The van der Waals surface area contributed by atoms with Gasteiger partial charge in [0.1, 0.15) is 6.04 Å². The Hall–Kier alpha value is -2.71. The van der Waals surface area contributed by atoms with Crippen LogP contribution in [0.4, 0.5) is 0 Å². The molecule has 9 heteroatoms. The Balaban J connectivity index is 2.77. The minimum absolute atomic E-state index is 0.0200. The zero-order valence-corrected chi connectivity index (χ0v) is 19.9. The number of amides is 3. The lowest BCUT2D eigenvalue weighted by Gasteiger charge is -2.25. The Labute approximate surface area is 190 Å². The van der Waals surface area contributed by atoms with Crippen molar-refractivity contribution in [1.29, 1.82) is 0 Å². The number of nitrogens with two attached hydrogens (primary N) is 1. The number of imidazole rings is 1. The molecule has 5 N–H and O–H groups in total. The number of hydrogen-bond acceptors (Lipinski definition) is 5. The maximum atomic E-state index is 13.1. The van der Waals surface area contributed by atoms with Crippen LogP contribution in [0.5, 0.6) is 0 Å². The largest absolute Gasteiger partial charge is 0.368 e. The van der Waals surface area contributed by atoms with E-state index in [2.05, 4.69) is 27.5 Å². The molecule has 4 atom stereocenters. The topological polar surface area (TPSA) is 147 Å². The number of nitrogens with one attached hydrogen (secondary N) is 3. The summed E-state index contributed by atoms with van der Waals surface area (Å²) in [6.45, 7) is 9.41. The fourth-order valence-electron chi connectivity index (χ4n) is 3.73. The van der Waals surface area contributed by atoms with E-state index in [4.69, 9.17) is 5.73 Å². The third kappa shape index (κ3) is 10.1. The first-order valence-corrected chi connectivity index (χ1v) is 11.4. The average molecular weight is 450 g/mol. The maximum Gasteiger partial charge on any atom is 0.240 e. The molecule has 0 unspecified atom stereocenters. The number of aromatic nitrogens is 2. The van der Waals surface area contributed by atoms with Crippen LogP contribution in [0.15, 0.2) is 12.5 Å². The van der Waals surface area contributed by atoms with Gasteiger partial charge in [-0.1, -0.05) is 34.1 Å². The summed E-state index contributed by atoms with van der Waals surface area (Å²) in [6.07, 6.45) is 5.82. The number of aromatic amines is 1. The molecule has 1 heterocycles. The van der Waals surface area contributed by atoms with Crippen LogP contribution in [0.1, 0.15) is 72.4 Å². The molecule has 0 saturated heterocycles. The van der Waals surface area contributed by atoms with Crippen LogP contribution < -0.4 is 16.4 Å². The molecule has 1 rings (SSSR count). The first kappa shape index (κ1) is 27.3. The van der Waals surface area contributed by atoms with E-state index in [9.17, 15) is 19.2 Å². The Morgan fingerprint density at radius 1 is 1.12 bits per heavy atom. The van der Waals surface area contributed by atoms with Crippen molar-refractivity contribution in [3.8, 4) is 0 Å². The van der Waals surface area contributed by atoms with Gasteiger partial charge in [0.15, 0.2) is 5.78 Å². The number of carbonyl (C=O) groups is 4. The summed E-state index contributed by atoms with van der Waals surface area (Å²) in [4.78, 5) is 55.7. The molecule has 0 fully saturated rings. The zero-order chi connectivity index (χ0) is 24.3. The second-order valence-electron chi connectivity index (χ2n) is 9.04. The Morgan fingerprint density at radius 3 is 2.31 bits per heavy atom. The predicted molar refractivity (Wildman–Crippen MR) is 122 cm³/mol. The number of hydrogen-bond donors (Lipinski definition) is 4. The molecular formula is C23H39N5O4. The Bertz CT molecular complexity index is 748. The van der Waals surface area contributed by atoms with Crippen molar-refractivity contribution in [2.75, 3.05) is 0 Å². The molecule has 0 aliphatic heterocycles. The van der Waals surface area contributed by atoms with Crippen molar-refractivity contribution in [1.82, 2.24) is 20.6 Å². The van der Waals surface area contributed by atoms with E-state index in [-0.39, 0.29) is 48.2 Å². The van der Waals surface area contributed by atoms with Gasteiger partial charge in [0.05, 0.1) is 12.4 Å². The molecule has 0 aliphatic carbocycles. The van der Waals surface area contributed by atoms with Crippen molar-refractivity contribution in [2.45, 2.75) is 85.2 Å². The number of ketones is 1. The number of H-pyrrole nitrogens is 1. The molecule has 0 saturated carbocycles. The van der Waals surface area contributed by atoms with Gasteiger partial charge in [0.2, 0.25) is 17.7 Å². The van der Waals surface area contributed by atoms with Crippen LogP contribution in [-0.2, 0) is 25.6 Å². The molecule has 0 aromatic carbocycles. The molecule has 9 nitrogen and oxygen atoms in total. The third-order valence-electron chi connectivity index (χ3n) is 5.79. The average Bonchev–Trinajstić information content (AvgIpc) is 3.21. The van der Waals surface area contributed by atoms with Gasteiger partial charge in [-0.3, -0.25) is 19.2 Å². The van der Waals surface area contributed by atoms with Gasteiger partial charge < -0.3 is 21.4 Å². The van der Waals surface area contributed by atoms with Crippen molar-refractivity contribution in [2.24, 2.45) is 23.5 Å². The highest BCUT2D eigenvalue weighted by Crippen LogP contribution is 2.25. The Morgan fingerprint density at radius 2 is 1.81 bits per heavy atom. The second-order valence-corrected chi connectivity index (χ2v) is 9.04. The molecule has 0 bridgehead atoms. The predicted octanol–water partition coefficient (Wildman–Crippen LogP) is 1.87. The summed E-state index contributed by atoms with van der Waals surface area (Å²) >= 11 is 0. The van der Waals surface area contributed by atoms with Gasteiger partial charge in [-0.05, 0) is 30.6 Å². The summed E-state index contributed by atoms with van der Waals surface area (Å²) in [6, 6.07) is -1.34. The molecule has 180 valence electrons. The van der Waals surface area contributed by atoms with Gasteiger partial charge in [-0.2, -0.15) is 0 Å². The van der Waals surface area contributed by atoms with Crippen molar-refractivity contribution >= 4 is 23.5 Å². The Kier molecular flexibility index (Phi) is 11.7. The van der Waals surface area contributed by atoms with Crippen LogP contribution in [0.3, 0.4) is 0 Å². The SMILES string of the molecule is CC[C@H](C)[C@@H](CCC(=O)N[C@@H](CC(C)C)C(N)=O)CC(=O)[C@H](Cc1cnc[nH]1)NC(C)=O. The molecule has 32 heavy (non-hydrogen) atoms. The van der Waals surface area contributed by atoms with Gasteiger partial charge in [0, 0.05) is 38.1 Å². The lowest BCUT2D eigenvalue weighted by molar-refractivity contribution is -0.128. The number of nitrogens with zero attached hydrogens (tertiary/aromatic N) is 1. The van der Waals surface area contributed by atoms with Gasteiger partial charge in [-0.15, -0.1) is 0 Å². The van der Waals surface area contributed by atoms with Crippen molar-refractivity contribution in [3.05, 3.63) is 18.2 Å². The van der Waals surface area contributed by atoms with Crippen LogP contribution >= 0.6 is 0 Å². The van der Waals surface area contributed by atoms with E-state index in [1.165, 1.54) is 13.3 Å². The van der Waals surface area contributed by atoms with Gasteiger partial charge in [-0.25, -0.2) is 4.98 Å². The quantitative estimate of drug-likeness (QED) is 0.323. The minimum atomic E-state index is -0.690. The molecule has 1 aromatic heterocycles. The van der Waals surface area contributed by atoms with Crippen LogP contribution in [0.25, 0.3) is 0 Å². The van der Waals surface area contributed by atoms with Gasteiger partial charge in [0.25, 0.3) is 0 Å². The zero-order valence-electron chi connectivity index (χ0n) is 19.9. The number of primary amides is 1. The lowest BCUT2D eigenvalue weighted by Crippen LogP contribution is -2.45. The molecule has 1 aromatic rings. The number of Topliss-reactive ketones (excluding diaryl/α,β-unsaturated/α-hetero) is 1. The number of rotatable bonds is 15. The summed E-state index contributed by atoms with van der Waals surface area (Å²) in [5.41, 5.74) is 6.18. The third-order valence-corrected chi connectivity index (χ3v) is 5.79. The second kappa shape index (κ2) is 13.6. The highest BCUT2D eigenvalue weighted by Gasteiger charge is 2.27. The fourth-order valence-corrected chi connectivity index (χ4v) is 3.73. The van der Waals surface area contributed by atoms with Crippen molar-refractivity contribution < 1.29 is 19.2 Å². The normalized spacial score (nSPS) is 14.9. The van der Waals surface area contributed by atoms with E-state index in [1.54, 1.807) is 6.20 Å². The van der Waals surface area contributed by atoms with E-state index in [1.807, 2.05) is 20.8 Å². The summed E-state index contributed by atoms with van der Waals surface area (Å²) in [5.74, 6) is -0.712. The summed E-state index contributed by atoms with van der Waals surface area (Å²) < 4.78 is 0. The fraction of sp³-hybridized carbons (Fsp3) is 0.696. The standard InChI is InChI=1S/C23H39N5O4/c1-6-15(4)17(7-8-22(31)28-20(23(24)32)9-14(2)3)10-21(30)19(27-16(5)29)11-18-12-25-13-26-18/h12-15,17,19-20H,6-11H2,1-5H3,(H2,24,32)(H,25,26)(H,27,29)(H,28,31)/t15-,17-,19-,20-/m0/s1. The monoisotopic (exact) mass is 449 g/mol. The van der Waals surface area contributed by atoms with Crippen LogP contribution in [0.2, 0.25) is 0 Å². The lowest BCUT2D eigenvalue weighted by atomic mass is 9.82. The minimum Gasteiger partial charge on any atom is -0.368 e. The van der Waals surface area contributed by atoms with E-state index in [0.29, 0.717) is 19.3 Å². The highest BCUT2D eigenvalue weighted by molar-refractivity contribution is 5.89. The van der Waals surface area contributed by atoms with E-state index in [0.717, 1.165) is 12.1 Å². The molecule has 0 aliphatic rings. The maximum absolute atomic E-state index is 13.1. The molecule has 0 spiro atoms. The summed E-state index contributed by atoms with van der Waals surface area (Å²) in [7, 11) is 0. The highest BCUT2D eigenvalue weighted by atomic mass is 16.2. The molecule has 0 radical (unpaired) electrons. The van der Waals surface area contributed by atoms with Gasteiger partial charge >= 0.3 is 0 Å². The van der Waals surface area contributed by atoms with E-state index >= 15 is 0 Å². The van der Waals surface area contributed by atoms with Crippen molar-refractivity contribution in [3.63, 3.8) is 0 Å². The summed E-state index contributed by atoms with van der Waals surface area (Å²) in [5, 5.41) is 5.46. The smallest absolute Gasteiger partial charge is 0.240 e. The van der Waals surface area contributed by atoms with E-state index < -0.39 is 18.0 Å².